The Morgan fingerprint density at radius 1 is 1.50 bits per heavy atom. The second kappa shape index (κ2) is 6.43. The fraction of sp³-hybridized carbons (Fsp3) is 0.417. The number of benzene rings is 1. The first-order valence-corrected chi connectivity index (χ1v) is 6.47. The topological polar surface area (TPSA) is 55.1 Å². The number of nitrogens with one attached hydrogen (secondary N) is 1. The van der Waals surface area contributed by atoms with Crippen molar-refractivity contribution in [3.8, 4) is 0 Å². The zero-order valence-electron chi connectivity index (χ0n) is 9.69. The quantitative estimate of drug-likeness (QED) is 0.775. The molecule has 0 heterocycles. The summed E-state index contributed by atoms with van der Waals surface area (Å²) >= 11 is 1.66. The first-order valence-electron chi connectivity index (χ1n) is 5.42. The van der Waals surface area contributed by atoms with Crippen LogP contribution in [0, 0.1) is 0 Å². The van der Waals surface area contributed by atoms with Gasteiger partial charge < -0.3 is 11.1 Å². The van der Waals surface area contributed by atoms with Crippen LogP contribution < -0.4 is 11.1 Å². The lowest BCUT2D eigenvalue weighted by molar-refractivity contribution is -0.115. The monoisotopic (exact) mass is 238 g/mol. The van der Waals surface area contributed by atoms with Crippen LogP contribution in [0.25, 0.3) is 0 Å². The van der Waals surface area contributed by atoms with Crippen LogP contribution in [-0.2, 0) is 4.79 Å². The van der Waals surface area contributed by atoms with E-state index in [9.17, 15) is 4.79 Å². The fourth-order valence-corrected chi connectivity index (χ4v) is 2.02. The van der Waals surface area contributed by atoms with Crippen LogP contribution in [0.2, 0.25) is 0 Å². The number of nitrogen functional groups attached to an aromatic ring is 1. The third-order valence-corrected chi connectivity index (χ3v) is 3.52. The van der Waals surface area contributed by atoms with E-state index in [0.29, 0.717) is 11.4 Å². The Balaban J connectivity index is 2.54. The molecule has 0 saturated heterocycles. The summed E-state index contributed by atoms with van der Waals surface area (Å²) in [6.45, 7) is 4.02. The lowest BCUT2D eigenvalue weighted by Gasteiger charge is -2.12. The molecule has 0 fully saturated rings. The molecule has 1 unspecified atom stereocenters. The maximum absolute atomic E-state index is 11.8. The van der Waals surface area contributed by atoms with Crippen molar-refractivity contribution in [2.45, 2.75) is 25.5 Å². The standard InChI is InChI=1S/C12H18N2OS/c1-3-8-16-9(2)12(15)14-11-7-5-4-6-10(11)13/h4-7,9H,3,8,13H2,1-2H3,(H,14,15). The predicted molar refractivity (Wildman–Crippen MR) is 71.7 cm³/mol. The van der Waals surface area contributed by atoms with Crippen molar-refractivity contribution >= 4 is 29.0 Å². The Hall–Kier alpha value is -1.16. The summed E-state index contributed by atoms with van der Waals surface area (Å²) in [4.78, 5) is 11.8. The molecule has 0 aliphatic rings. The first kappa shape index (κ1) is 12.9. The molecule has 0 aliphatic heterocycles. The molecule has 1 amide bonds. The maximum Gasteiger partial charge on any atom is 0.237 e. The van der Waals surface area contributed by atoms with E-state index in [2.05, 4.69) is 12.2 Å². The molecule has 0 spiro atoms. The zero-order valence-corrected chi connectivity index (χ0v) is 10.5. The number of nitrogens with two attached hydrogens (primary N) is 1. The average Bonchev–Trinajstić information content (AvgIpc) is 2.28. The third-order valence-electron chi connectivity index (χ3n) is 2.16. The second-order valence-corrected chi connectivity index (χ2v) is 5.04. The highest BCUT2D eigenvalue weighted by Gasteiger charge is 2.13. The van der Waals surface area contributed by atoms with Crippen molar-refractivity contribution in [2.24, 2.45) is 0 Å². The van der Waals surface area contributed by atoms with Gasteiger partial charge >= 0.3 is 0 Å². The highest BCUT2D eigenvalue weighted by molar-refractivity contribution is 8.00. The SMILES string of the molecule is CCCSC(C)C(=O)Nc1ccccc1N. The molecule has 0 radical (unpaired) electrons. The number of anilines is 2. The predicted octanol–water partition coefficient (Wildman–Crippen LogP) is 2.74. The van der Waals surface area contributed by atoms with E-state index in [4.69, 9.17) is 5.73 Å². The lowest BCUT2D eigenvalue weighted by Crippen LogP contribution is -2.23. The van der Waals surface area contributed by atoms with Crippen molar-refractivity contribution in [3.05, 3.63) is 24.3 Å². The number of hydrogen-bond acceptors (Lipinski definition) is 3. The number of para-hydroxylation sites is 2. The molecule has 0 saturated carbocycles. The second-order valence-electron chi connectivity index (χ2n) is 3.59. The number of carbonyl (C=O) groups is 1. The van der Waals surface area contributed by atoms with E-state index in [1.807, 2.05) is 25.1 Å². The Labute approximate surface area is 101 Å². The minimum absolute atomic E-state index is 0.0105. The summed E-state index contributed by atoms with van der Waals surface area (Å²) in [5.74, 6) is 1.01. The van der Waals surface area contributed by atoms with Gasteiger partial charge in [-0.25, -0.2) is 0 Å². The molecule has 3 nitrogen and oxygen atoms in total. The van der Waals surface area contributed by atoms with Crippen LogP contribution in [0.1, 0.15) is 20.3 Å². The van der Waals surface area contributed by atoms with Gasteiger partial charge in [0, 0.05) is 0 Å². The smallest absolute Gasteiger partial charge is 0.237 e. The van der Waals surface area contributed by atoms with E-state index < -0.39 is 0 Å². The minimum atomic E-state index is -0.0421. The zero-order chi connectivity index (χ0) is 12.0. The molecule has 16 heavy (non-hydrogen) atoms. The Bertz CT molecular complexity index is 355. The Morgan fingerprint density at radius 3 is 2.81 bits per heavy atom. The van der Waals surface area contributed by atoms with Gasteiger partial charge in [-0.15, -0.1) is 11.8 Å². The first-order chi connectivity index (χ1) is 7.65. The van der Waals surface area contributed by atoms with Crippen molar-refractivity contribution in [1.82, 2.24) is 0 Å². The molecule has 1 rings (SSSR count). The molecular weight excluding hydrogens is 220 g/mol. The Kier molecular flexibility index (Phi) is 5.19. The fourth-order valence-electron chi connectivity index (χ4n) is 1.22. The third kappa shape index (κ3) is 3.77. The molecule has 0 aromatic heterocycles. The molecule has 1 atom stereocenters. The number of rotatable bonds is 5. The summed E-state index contributed by atoms with van der Waals surface area (Å²) in [5, 5.41) is 2.79. The van der Waals surface area contributed by atoms with Crippen molar-refractivity contribution < 1.29 is 4.79 Å². The van der Waals surface area contributed by atoms with Crippen LogP contribution in [-0.4, -0.2) is 16.9 Å². The van der Waals surface area contributed by atoms with E-state index in [0.717, 1.165) is 12.2 Å². The van der Waals surface area contributed by atoms with E-state index >= 15 is 0 Å². The molecule has 88 valence electrons. The summed E-state index contributed by atoms with van der Waals surface area (Å²) in [6.07, 6.45) is 1.08. The number of thioether (sulfide) groups is 1. The van der Waals surface area contributed by atoms with Crippen LogP contribution in [0.15, 0.2) is 24.3 Å². The maximum atomic E-state index is 11.8. The van der Waals surface area contributed by atoms with E-state index in [1.165, 1.54) is 0 Å². The van der Waals surface area contributed by atoms with Gasteiger partial charge in [0.2, 0.25) is 5.91 Å². The van der Waals surface area contributed by atoms with Gasteiger partial charge in [-0.05, 0) is 31.2 Å². The van der Waals surface area contributed by atoms with Gasteiger partial charge in [-0.2, -0.15) is 0 Å². The number of hydrogen-bond donors (Lipinski definition) is 2. The summed E-state index contributed by atoms with van der Waals surface area (Å²) in [7, 11) is 0. The van der Waals surface area contributed by atoms with E-state index in [-0.39, 0.29) is 11.2 Å². The normalized spacial score (nSPS) is 12.1. The lowest BCUT2D eigenvalue weighted by atomic mass is 10.2. The molecule has 0 bridgehead atoms. The Morgan fingerprint density at radius 2 is 2.19 bits per heavy atom. The average molecular weight is 238 g/mol. The molecule has 0 aliphatic carbocycles. The van der Waals surface area contributed by atoms with Crippen LogP contribution in [0.4, 0.5) is 11.4 Å². The van der Waals surface area contributed by atoms with Gasteiger partial charge in [-0.1, -0.05) is 19.1 Å². The van der Waals surface area contributed by atoms with Crippen molar-refractivity contribution in [2.75, 3.05) is 16.8 Å². The molecule has 4 heteroatoms. The summed E-state index contributed by atoms with van der Waals surface area (Å²) in [6, 6.07) is 7.29. The largest absolute Gasteiger partial charge is 0.397 e. The molecule has 1 aromatic rings. The molecular formula is C12H18N2OS. The molecule has 1 aromatic carbocycles. The minimum Gasteiger partial charge on any atom is -0.397 e. The van der Waals surface area contributed by atoms with Crippen LogP contribution in [0.3, 0.4) is 0 Å². The summed E-state index contributed by atoms with van der Waals surface area (Å²) in [5.41, 5.74) is 7.04. The number of carbonyl (C=O) groups excluding carboxylic acids is 1. The highest BCUT2D eigenvalue weighted by atomic mass is 32.2. The van der Waals surface area contributed by atoms with Crippen molar-refractivity contribution in [3.63, 3.8) is 0 Å². The van der Waals surface area contributed by atoms with Gasteiger partial charge in [0.15, 0.2) is 0 Å². The van der Waals surface area contributed by atoms with Gasteiger partial charge in [-0.3, -0.25) is 4.79 Å². The highest BCUT2D eigenvalue weighted by Crippen LogP contribution is 2.19. The van der Waals surface area contributed by atoms with E-state index in [1.54, 1.807) is 17.8 Å². The van der Waals surface area contributed by atoms with Gasteiger partial charge in [0.05, 0.1) is 16.6 Å². The van der Waals surface area contributed by atoms with Crippen LogP contribution in [0.5, 0.6) is 0 Å². The number of amides is 1. The van der Waals surface area contributed by atoms with Gasteiger partial charge in [0.25, 0.3) is 0 Å². The summed E-state index contributed by atoms with van der Waals surface area (Å²) < 4.78 is 0. The molecule has 3 N–H and O–H groups in total. The van der Waals surface area contributed by atoms with Crippen LogP contribution >= 0.6 is 11.8 Å². The van der Waals surface area contributed by atoms with Crippen molar-refractivity contribution in [1.29, 1.82) is 0 Å². The van der Waals surface area contributed by atoms with Gasteiger partial charge in [0.1, 0.15) is 0 Å².